The molecule has 0 aliphatic rings. The first-order chi connectivity index (χ1) is 17.6. The van der Waals surface area contributed by atoms with Crippen molar-refractivity contribution in [1.82, 2.24) is 5.32 Å². The number of benzene rings is 3. The second kappa shape index (κ2) is 12.2. The van der Waals surface area contributed by atoms with Gasteiger partial charge >= 0.3 is 0 Å². The van der Waals surface area contributed by atoms with E-state index < -0.39 is 0 Å². The van der Waals surface area contributed by atoms with E-state index >= 15 is 0 Å². The van der Waals surface area contributed by atoms with E-state index in [1.54, 1.807) is 60.7 Å². The van der Waals surface area contributed by atoms with Crippen molar-refractivity contribution in [2.24, 2.45) is 0 Å². The quantitative estimate of drug-likeness (QED) is 0.216. The molecule has 2 amide bonds. The van der Waals surface area contributed by atoms with Gasteiger partial charge in [0, 0.05) is 16.9 Å². The van der Waals surface area contributed by atoms with Crippen molar-refractivity contribution in [1.29, 1.82) is 0 Å². The van der Waals surface area contributed by atoms with E-state index in [0.717, 1.165) is 5.75 Å². The van der Waals surface area contributed by atoms with Crippen molar-refractivity contribution in [3.63, 3.8) is 0 Å². The number of anilines is 2. The van der Waals surface area contributed by atoms with Gasteiger partial charge in [0.05, 0.1) is 6.26 Å². The number of hydrogen-bond acceptors (Lipinski definition) is 6. The Morgan fingerprint density at radius 3 is 2.06 bits per heavy atom. The van der Waals surface area contributed by atoms with Crippen LogP contribution in [0.15, 0.2) is 102 Å². The Kier molecular flexibility index (Phi) is 8.29. The van der Waals surface area contributed by atoms with Crippen LogP contribution in [0.3, 0.4) is 0 Å². The van der Waals surface area contributed by atoms with Gasteiger partial charge in [-0.3, -0.25) is 14.9 Å². The van der Waals surface area contributed by atoms with E-state index in [1.165, 1.54) is 6.26 Å². The third-order valence-electron chi connectivity index (χ3n) is 4.83. The number of rotatable bonds is 9. The Labute approximate surface area is 213 Å². The molecule has 4 rings (SSSR count). The lowest BCUT2D eigenvalue weighted by molar-refractivity contribution is 0.0975. The van der Waals surface area contributed by atoms with Crippen LogP contribution in [0.5, 0.6) is 11.5 Å². The van der Waals surface area contributed by atoms with Crippen molar-refractivity contribution in [2.45, 2.75) is 0 Å². The normalized spacial score (nSPS) is 10.2. The summed E-state index contributed by atoms with van der Waals surface area (Å²) >= 11 is 5.26. The standard InChI is InChI=1S/C27H23N3O5S/c31-25(19-11-13-23(14-12-19)34-17-16-33-22-8-2-1-3-9-22)30-27(36)29-21-7-4-6-20(18-21)28-26(32)24-10-5-15-35-24/h1-15,18H,16-17H2,(H,28,32)(H2,29,30,31,36). The van der Waals surface area contributed by atoms with E-state index in [-0.39, 0.29) is 22.7 Å². The maximum Gasteiger partial charge on any atom is 0.291 e. The zero-order valence-corrected chi connectivity index (χ0v) is 19.9. The van der Waals surface area contributed by atoms with Crippen LogP contribution in [0.1, 0.15) is 20.9 Å². The van der Waals surface area contributed by atoms with Crippen LogP contribution < -0.4 is 25.4 Å². The van der Waals surface area contributed by atoms with Crippen molar-refractivity contribution >= 4 is 40.5 Å². The number of furan rings is 1. The number of para-hydroxylation sites is 1. The minimum absolute atomic E-state index is 0.118. The Hall–Kier alpha value is -4.63. The summed E-state index contributed by atoms with van der Waals surface area (Å²) in [6.07, 6.45) is 1.43. The van der Waals surface area contributed by atoms with Crippen LogP contribution in [0.25, 0.3) is 0 Å². The van der Waals surface area contributed by atoms with Gasteiger partial charge in [0.15, 0.2) is 10.9 Å². The highest BCUT2D eigenvalue weighted by Crippen LogP contribution is 2.17. The molecular formula is C27H23N3O5S. The largest absolute Gasteiger partial charge is 0.490 e. The molecule has 1 aromatic heterocycles. The highest BCUT2D eigenvalue weighted by Gasteiger charge is 2.11. The van der Waals surface area contributed by atoms with Crippen LogP contribution in [0.4, 0.5) is 11.4 Å². The van der Waals surface area contributed by atoms with Crippen LogP contribution in [0.2, 0.25) is 0 Å². The molecule has 0 spiro atoms. The molecular weight excluding hydrogens is 478 g/mol. The predicted octanol–water partition coefficient (Wildman–Crippen LogP) is 5.12. The van der Waals surface area contributed by atoms with E-state index in [0.29, 0.717) is 35.9 Å². The first-order valence-corrected chi connectivity index (χ1v) is 11.5. The molecule has 3 aromatic carbocycles. The minimum Gasteiger partial charge on any atom is -0.490 e. The van der Waals surface area contributed by atoms with E-state index in [9.17, 15) is 9.59 Å². The molecule has 0 fully saturated rings. The summed E-state index contributed by atoms with van der Waals surface area (Å²) in [5.41, 5.74) is 1.56. The number of thiocarbonyl (C=S) groups is 1. The predicted molar refractivity (Wildman–Crippen MR) is 141 cm³/mol. The van der Waals surface area contributed by atoms with Crippen LogP contribution in [-0.4, -0.2) is 30.1 Å². The summed E-state index contributed by atoms with van der Waals surface area (Å²) in [6.45, 7) is 0.773. The van der Waals surface area contributed by atoms with Crippen LogP contribution >= 0.6 is 12.2 Å². The lowest BCUT2D eigenvalue weighted by Gasteiger charge is -2.12. The average Bonchev–Trinajstić information content (AvgIpc) is 3.43. The second-order valence-corrected chi connectivity index (χ2v) is 7.86. The first-order valence-electron chi connectivity index (χ1n) is 11.0. The summed E-state index contributed by atoms with van der Waals surface area (Å²) in [7, 11) is 0. The van der Waals surface area contributed by atoms with Gasteiger partial charge in [0.1, 0.15) is 24.7 Å². The lowest BCUT2D eigenvalue weighted by atomic mass is 10.2. The van der Waals surface area contributed by atoms with Gasteiger partial charge in [-0.15, -0.1) is 0 Å². The molecule has 0 saturated carbocycles. The molecule has 9 heteroatoms. The van der Waals surface area contributed by atoms with Gasteiger partial charge in [-0.2, -0.15) is 0 Å². The number of ether oxygens (including phenoxy) is 2. The van der Waals surface area contributed by atoms with Crippen molar-refractivity contribution in [2.75, 3.05) is 23.8 Å². The lowest BCUT2D eigenvalue weighted by Crippen LogP contribution is -2.34. The molecule has 182 valence electrons. The summed E-state index contributed by atoms with van der Waals surface area (Å²) in [5.74, 6) is 0.867. The van der Waals surface area contributed by atoms with Crippen LogP contribution in [0, 0.1) is 0 Å². The number of carbonyl (C=O) groups is 2. The number of amides is 2. The minimum atomic E-state index is -0.371. The van der Waals surface area contributed by atoms with Gasteiger partial charge in [-0.05, 0) is 78.9 Å². The van der Waals surface area contributed by atoms with E-state index in [2.05, 4.69) is 16.0 Å². The molecule has 0 radical (unpaired) electrons. The fourth-order valence-corrected chi connectivity index (χ4v) is 3.36. The topological polar surface area (TPSA) is 102 Å². The zero-order valence-electron chi connectivity index (χ0n) is 19.1. The second-order valence-electron chi connectivity index (χ2n) is 7.45. The molecule has 0 bridgehead atoms. The SMILES string of the molecule is O=C(NC(=S)Nc1cccc(NC(=O)c2ccco2)c1)c1ccc(OCCOc2ccccc2)cc1. The van der Waals surface area contributed by atoms with Gasteiger partial charge in [0.2, 0.25) is 0 Å². The maximum atomic E-state index is 12.6. The van der Waals surface area contributed by atoms with Crippen molar-refractivity contribution in [3.05, 3.63) is 109 Å². The molecule has 0 atom stereocenters. The third kappa shape index (κ3) is 7.18. The fourth-order valence-electron chi connectivity index (χ4n) is 3.15. The third-order valence-corrected chi connectivity index (χ3v) is 5.03. The maximum absolute atomic E-state index is 12.6. The molecule has 0 unspecified atom stereocenters. The summed E-state index contributed by atoms with van der Waals surface area (Å²) < 4.78 is 16.3. The Balaban J connectivity index is 1.23. The highest BCUT2D eigenvalue weighted by molar-refractivity contribution is 7.80. The number of carbonyl (C=O) groups excluding carboxylic acids is 2. The Bertz CT molecular complexity index is 1310. The van der Waals surface area contributed by atoms with Gasteiger partial charge in [0.25, 0.3) is 11.8 Å². The molecule has 36 heavy (non-hydrogen) atoms. The van der Waals surface area contributed by atoms with E-state index in [4.69, 9.17) is 26.1 Å². The monoisotopic (exact) mass is 501 g/mol. The summed E-state index contributed by atoms with van der Waals surface area (Å²) in [6, 6.07) is 26.3. The summed E-state index contributed by atoms with van der Waals surface area (Å²) in [5, 5.41) is 8.42. The van der Waals surface area contributed by atoms with Crippen molar-refractivity contribution < 1.29 is 23.5 Å². The average molecular weight is 502 g/mol. The molecule has 0 saturated heterocycles. The number of hydrogen-bond donors (Lipinski definition) is 3. The molecule has 4 aromatic rings. The molecule has 3 N–H and O–H groups in total. The van der Waals surface area contributed by atoms with Crippen molar-refractivity contribution in [3.8, 4) is 11.5 Å². The smallest absolute Gasteiger partial charge is 0.291 e. The van der Waals surface area contributed by atoms with E-state index in [1.807, 2.05) is 30.3 Å². The Morgan fingerprint density at radius 2 is 1.39 bits per heavy atom. The van der Waals surface area contributed by atoms with Gasteiger partial charge in [-0.25, -0.2) is 0 Å². The van der Waals surface area contributed by atoms with Gasteiger partial charge in [-0.1, -0.05) is 24.3 Å². The summed E-state index contributed by atoms with van der Waals surface area (Å²) in [4.78, 5) is 24.7. The van der Waals surface area contributed by atoms with Crippen LogP contribution in [-0.2, 0) is 0 Å². The Morgan fingerprint density at radius 1 is 0.722 bits per heavy atom. The van der Waals surface area contributed by atoms with Gasteiger partial charge < -0.3 is 24.5 Å². The molecule has 0 aliphatic carbocycles. The first kappa shape index (κ1) is 24.5. The number of nitrogens with one attached hydrogen (secondary N) is 3. The fraction of sp³-hybridized carbons (Fsp3) is 0.0741. The molecule has 0 aliphatic heterocycles. The zero-order chi connectivity index (χ0) is 25.2. The highest BCUT2D eigenvalue weighted by atomic mass is 32.1. The molecule has 1 heterocycles. The molecule has 8 nitrogen and oxygen atoms in total.